The van der Waals surface area contributed by atoms with E-state index in [0.29, 0.717) is 13.1 Å². The third-order valence-electron chi connectivity index (χ3n) is 4.08. The van der Waals surface area contributed by atoms with E-state index in [-0.39, 0.29) is 23.7 Å². The Balaban J connectivity index is 2.35. The Morgan fingerprint density at radius 2 is 1.04 bits per heavy atom. The van der Waals surface area contributed by atoms with Crippen molar-refractivity contribution in [2.45, 2.75) is 25.7 Å². The first-order valence-corrected chi connectivity index (χ1v) is 8.16. The molecular formula is C20H24N2O2. The summed E-state index contributed by atoms with van der Waals surface area (Å²) in [6, 6.07) is 20.2. The van der Waals surface area contributed by atoms with E-state index in [0.717, 1.165) is 11.1 Å². The van der Waals surface area contributed by atoms with E-state index in [1.807, 2.05) is 36.4 Å². The number of benzene rings is 2. The fourth-order valence-corrected chi connectivity index (χ4v) is 2.89. The number of hydrogen-bond acceptors (Lipinski definition) is 2. The zero-order chi connectivity index (χ0) is 17.4. The molecule has 0 heterocycles. The smallest absolute Gasteiger partial charge is 0.216 e. The predicted octanol–water partition coefficient (Wildman–Crippen LogP) is 2.83. The predicted molar refractivity (Wildman–Crippen MR) is 95.7 cm³/mol. The van der Waals surface area contributed by atoms with Gasteiger partial charge < -0.3 is 10.6 Å². The minimum atomic E-state index is -0.0535. The Kier molecular flexibility index (Phi) is 6.55. The van der Waals surface area contributed by atoms with Crippen LogP contribution >= 0.6 is 0 Å². The van der Waals surface area contributed by atoms with E-state index >= 15 is 0 Å². The van der Waals surface area contributed by atoms with E-state index in [1.54, 1.807) is 0 Å². The van der Waals surface area contributed by atoms with Crippen molar-refractivity contribution >= 4 is 11.8 Å². The van der Waals surface area contributed by atoms with E-state index in [1.165, 1.54) is 13.8 Å². The quantitative estimate of drug-likeness (QED) is 0.823. The van der Waals surface area contributed by atoms with Gasteiger partial charge >= 0.3 is 0 Å². The number of nitrogens with one attached hydrogen (secondary N) is 2. The Hall–Kier alpha value is -2.62. The van der Waals surface area contributed by atoms with Gasteiger partial charge in [-0.2, -0.15) is 0 Å². The topological polar surface area (TPSA) is 58.2 Å². The molecule has 0 fully saturated rings. The standard InChI is InChI=1S/C20H24N2O2/c1-15(23)21-13-19(17-9-5-3-6-10-17)20(14-22-16(2)24)18-11-7-4-8-12-18/h3-12,19-20H,13-14H2,1-2H3,(H,21,23)(H,22,24). The summed E-state index contributed by atoms with van der Waals surface area (Å²) in [6.45, 7) is 4.10. The fraction of sp³-hybridized carbons (Fsp3) is 0.300. The third kappa shape index (κ3) is 5.23. The van der Waals surface area contributed by atoms with Gasteiger partial charge in [0.1, 0.15) is 0 Å². The molecule has 2 rings (SSSR count). The molecule has 0 radical (unpaired) electrons. The highest BCUT2D eigenvalue weighted by Crippen LogP contribution is 2.32. The summed E-state index contributed by atoms with van der Waals surface area (Å²) in [5.74, 6) is 0.0400. The molecule has 24 heavy (non-hydrogen) atoms. The monoisotopic (exact) mass is 324 g/mol. The minimum Gasteiger partial charge on any atom is -0.356 e. The Morgan fingerprint density at radius 3 is 1.33 bits per heavy atom. The van der Waals surface area contributed by atoms with E-state index in [4.69, 9.17) is 0 Å². The molecule has 0 spiro atoms. The highest BCUT2D eigenvalue weighted by atomic mass is 16.2. The van der Waals surface area contributed by atoms with Crippen molar-refractivity contribution in [1.82, 2.24) is 10.6 Å². The molecule has 0 saturated heterocycles. The SMILES string of the molecule is CC(=O)NCC(c1ccccc1)C(CNC(C)=O)c1ccccc1. The summed E-state index contributed by atoms with van der Waals surface area (Å²) >= 11 is 0. The van der Waals surface area contributed by atoms with Crippen molar-refractivity contribution in [3.63, 3.8) is 0 Å². The number of hydrogen-bond donors (Lipinski definition) is 2. The first-order valence-electron chi connectivity index (χ1n) is 8.16. The molecule has 0 aliphatic heterocycles. The average molecular weight is 324 g/mol. The zero-order valence-electron chi connectivity index (χ0n) is 14.2. The number of carbonyl (C=O) groups is 2. The lowest BCUT2D eigenvalue weighted by Crippen LogP contribution is -2.34. The summed E-state index contributed by atoms with van der Waals surface area (Å²) in [6.07, 6.45) is 0. The van der Waals surface area contributed by atoms with Crippen molar-refractivity contribution in [2.24, 2.45) is 0 Å². The number of rotatable bonds is 7. The van der Waals surface area contributed by atoms with Gasteiger partial charge in [-0.05, 0) is 11.1 Å². The largest absolute Gasteiger partial charge is 0.356 e. The molecular weight excluding hydrogens is 300 g/mol. The van der Waals surface area contributed by atoms with Crippen molar-refractivity contribution < 1.29 is 9.59 Å². The van der Waals surface area contributed by atoms with Crippen LogP contribution < -0.4 is 10.6 Å². The second-order valence-corrected chi connectivity index (χ2v) is 5.91. The number of amides is 2. The van der Waals surface area contributed by atoms with Crippen LogP contribution in [0.4, 0.5) is 0 Å². The Labute approximate surface area is 143 Å². The molecule has 0 aliphatic carbocycles. The molecule has 4 heteroatoms. The highest BCUT2D eigenvalue weighted by Gasteiger charge is 2.25. The molecule has 0 bridgehead atoms. The van der Waals surface area contributed by atoms with Crippen LogP contribution in [0.25, 0.3) is 0 Å². The first-order chi connectivity index (χ1) is 11.6. The summed E-state index contributed by atoms with van der Waals surface area (Å²) in [5, 5.41) is 5.86. The molecule has 2 atom stereocenters. The van der Waals surface area contributed by atoms with Crippen molar-refractivity contribution in [3.05, 3.63) is 71.8 Å². The van der Waals surface area contributed by atoms with Crippen LogP contribution in [0.15, 0.2) is 60.7 Å². The zero-order valence-corrected chi connectivity index (χ0v) is 14.2. The van der Waals surface area contributed by atoms with Crippen LogP contribution in [0, 0.1) is 0 Å². The molecule has 0 saturated carbocycles. The minimum absolute atomic E-state index is 0.0535. The van der Waals surface area contributed by atoms with E-state index < -0.39 is 0 Å². The maximum atomic E-state index is 11.4. The molecule has 2 amide bonds. The molecule has 0 aliphatic rings. The maximum absolute atomic E-state index is 11.4. The summed E-state index contributed by atoms with van der Waals surface area (Å²) in [7, 11) is 0. The van der Waals surface area contributed by atoms with Gasteiger partial charge in [0.05, 0.1) is 0 Å². The van der Waals surface area contributed by atoms with Crippen LogP contribution in [0.3, 0.4) is 0 Å². The molecule has 126 valence electrons. The average Bonchev–Trinajstić information content (AvgIpc) is 2.59. The van der Waals surface area contributed by atoms with Crippen LogP contribution in [0.1, 0.15) is 36.8 Å². The summed E-state index contributed by atoms with van der Waals surface area (Å²) in [4.78, 5) is 22.8. The van der Waals surface area contributed by atoms with Crippen LogP contribution in [-0.2, 0) is 9.59 Å². The molecule has 4 nitrogen and oxygen atoms in total. The highest BCUT2D eigenvalue weighted by molar-refractivity contribution is 5.73. The van der Waals surface area contributed by atoms with E-state index in [9.17, 15) is 9.59 Å². The van der Waals surface area contributed by atoms with Crippen molar-refractivity contribution in [2.75, 3.05) is 13.1 Å². The molecule has 2 aromatic rings. The van der Waals surface area contributed by atoms with Gasteiger partial charge in [-0.1, -0.05) is 60.7 Å². The molecule has 2 aromatic carbocycles. The molecule has 0 aromatic heterocycles. The molecule has 2 N–H and O–H groups in total. The summed E-state index contributed by atoms with van der Waals surface area (Å²) < 4.78 is 0. The van der Waals surface area contributed by atoms with Gasteiger partial charge in [-0.15, -0.1) is 0 Å². The van der Waals surface area contributed by atoms with Gasteiger partial charge in [0, 0.05) is 38.8 Å². The van der Waals surface area contributed by atoms with Gasteiger partial charge in [0.2, 0.25) is 11.8 Å². The third-order valence-corrected chi connectivity index (χ3v) is 4.08. The van der Waals surface area contributed by atoms with E-state index in [2.05, 4.69) is 34.9 Å². The van der Waals surface area contributed by atoms with Crippen LogP contribution in [0.2, 0.25) is 0 Å². The lowest BCUT2D eigenvalue weighted by Gasteiger charge is -2.28. The second-order valence-electron chi connectivity index (χ2n) is 5.91. The number of carbonyl (C=O) groups excluding carboxylic acids is 2. The van der Waals surface area contributed by atoms with Gasteiger partial charge in [0.25, 0.3) is 0 Å². The van der Waals surface area contributed by atoms with Crippen LogP contribution in [-0.4, -0.2) is 24.9 Å². The summed E-state index contributed by atoms with van der Waals surface area (Å²) in [5.41, 5.74) is 2.29. The van der Waals surface area contributed by atoms with Gasteiger partial charge in [0.15, 0.2) is 0 Å². The van der Waals surface area contributed by atoms with Gasteiger partial charge in [-0.25, -0.2) is 0 Å². The fourth-order valence-electron chi connectivity index (χ4n) is 2.89. The molecule has 2 unspecified atom stereocenters. The normalized spacial score (nSPS) is 12.9. The Morgan fingerprint density at radius 1 is 0.708 bits per heavy atom. The van der Waals surface area contributed by atoms with Crippen molar-refractivity contribution in [3.8, 4) is 0 Å². The Bertz CT molecular complexity index is 596. The second kappa shape index (κ2) is 8.87. The van der Waals surface area contributed by atoms with Crippen LogP contribution in [0.5, 0.6) is 0 Å². The lowest BCUT2D eigenvalue weighted by molar-refractivity contribution is -0.120. The van der Waals surface area contributed by atoms with Crippen molar-refractivity contribution in [1.29, 1.82) is 0 Å². The lowest BCUT2D eigenvalue weighted by atomic mass is 9.81. The maximum Gasteiger partial charge on any atom is 0.216 e. The first kappa shape index (κ1) is 17.7. The van der Waals surface area contributed by atoms with Gasteiger partial charge in [-0.3, -0.25) is 9.59 Å².